The van der Waals surface area contributed by atoms with Gasteiger partial charge in [-0.1, -0.05) is 30.3 Å². The van der Waals surface area contributed by atoms with Gasteiger partial charge in [-0.05, 0) is 5.56 Å². The largest absolute Gasteiger partial charge is 0.428 e. The Balaban J connectivity index is 2.37. The molecule has 1 unspecified atom stereocenters. The van der Waals surface area contributed by atoms with Gasteiger partial charge in [0.05, 0.1) is 0 Å². The van der Waals surface area contributed by atoms with Crippen molar-refractivity contribution < 1.29 is 49.0 Å². The monoisotopic (exact) mass is 395 g/mol. The maximum atomic E-state index is 14.1. The van der Waals surface area contributed by atoms with Gasteiger partial charge in [0.25, 0.3) is 5.91 Å². The zero-order valence-corrected chi connectivity index (χ0v) is 12.8. The minimum absolute atomic E-state index is 0.0186. The first-order chi connectivity index (χ1) is 11.6. The van der Waals surface area contributed by atoms with Crippen LogP contribution in [0.25, 0.3) is 0 Å². The standard InChI is InChI=1S/C14H10F9NO2/c1-24(7-8-5-3-2-4-6-8)9(25)10(15,16)13(21)11(17,18)12(19,20)14(22,23)26-13/h2-6H,7H2,1H3. The lowest BCUT2D eigenvalue weighted by atomic mass is 9.99. The summed E-state index contributed by atoms with van der Waals surface area (Å²) in [6.07, 6.45) is -6.26. The lowest BCUT2D eigenvalue weighted by Gasteiger charge is -2.33. The van der Waals surface area contributed by atoms with Gasteiger partial charge in [0, 0.05) is 13.6 Å². The molecule has 0 aliphatic carbocycles. The molecule has 0 aromatic heterocycles. The molecule has 1 atom stereocenters. The van der Waals surface area contributed by atoms with Gasteiger partial charge in [-0.25, -0.2) is 0 Å². The van der Waals surface area contributed by atoms with E-state index in [1.54, 1.807) is 0 Å². The smallest absolute Gasteiger partial charge is 0.336 e. The molecule has 1 amide bonds. The van der Waals surface area contributed by atoms with E-state index in [2.05, 4.69) is 4.74 Å². The number of rotatable bonds is 4. The molecule has 1 aliphatic rings. The molecule has 0 saturated carbocycles. The third-order valence-corrected chi connectivity index (χ3v) is 3.71. The fraction of sp³-hybridized carbons (Fsp3) is 0.500. The predicted molar refractivity (Wildman–Crippen MR) is 67.6 cm³/mol. The maximum absolute atomic E-state index is 14.1. The average Bonchev–Trinajstić information content (AvgIpc) is 2.62. The molecule has 1 aliphatic heterocycles. The number of carbonyl (C=O) groups is 1. The first kappa shape index (κ1) is 20.3. The van der Waals surface area contributed by atoms with Crippen LogP contribution in [0.2, 0.25) is 0 Å². The Kier molecular flexibility index (Phi) is 4.50. The van der Waals surface area contributed by atoms with Crippen LogP contribution in [0, 0.1) is 0 Å². The Morgan fingerprint density at radius 2 is 1.50 bits per heavy atom. The van der Waals surface area contributed by atoms with E-state index < -0.39 is 42.2 Å². The summed E-state index contributed by atoms with van der Waals surface area (Å²) in [7, 11) is 0.621. The van der Waals surface area contributed by atoms with E-state index in [-0.39, 0.29) is 10.5 Å². The third kappa shape index (κ3) is 2.53. The van der Waals surface area contributed by atoms with Crippen molar-refractivity contribution in [3.8, 4) is 0 Å². The molecular weight excluding hydrogens is 385 g/mol. The van der Waals surface area contributed by atoms with Crippen molar-refractivity contribution in [3.05, 3.63) is 35.9 Å². The molecule has 26 heavy (non-hydrogen) atoms. The van der Waals surface area contributed by atoms with Crippen LogP contribution >= 0.6 is 0 Å². The fourth-order valence-electron chi connectivity index (χ4n) is 2.26. The number of amides is 1. The molecule has 1 heterocycles. The second-order valence-corrected chi connectivity index (χ2v) is 5.58. The van der Waals surface area contributed by atoms with E-state index in [0.717, 1.165) is 0 Å². The van der Waals surface area contributed by atoms with Crippen molar-refractivity contribution in [3.63, 3.8) is 0 Å². The molecule has 1 aromatic rings. The zero-order valence-electron chi connectivity index (χ0n) is 12.8. The van der Waals surface area contributed by atoms with Gasteiger partial charge in [0.1, 0.15) is 0 Å². The van der Waals surface area contributed by atoms with Crippen molar-refractivity contribution >= 4 is 5.91 Å². The molecule has 0 N–H and O–H groups in total. The molecule has 0 bridgehead atoms. The summed E-state index contributed by atoms with van der Waals surface area (Å²) in [4.78, 5) is 11.7. The minimum Gasteiger partial charge on any atom is -0.336 e. The van der Waals surface area contributed by atoms with E-state index in [4.69, 9.17) is 0 Å². The highest BCUT2D eigenvalue weighted by molar-refractivity contribution is 5.85. The van der Waals surface area contributed by atoms with E-state index in [1.165, 1.54) is 30.3 Å². The number of hydrogen-bond donors (Lipinski definition) is 0. The first-order valence-corrected chi connectivity index (χ1v) is 6.81. The topological polar surface area (TPSA) is 29.5 Å². The van der Waals surface area contributed by atoms with Crippen LogP contribution in [-0.2, 0) is 16.1 Å². The van der Waals surface area contributed by atoms with Crippen molar-refractivity contribution in [2.45, 2.75) is 36.3 Å². The van der Waals surface area contributed by atoms with Crippen molar-refractivity contribution in [1.82, 2.24) is 4.90 Å². The maximum Gasteiger partial charge on any atom is 0.428 e. The summed E-state index contributed by atoms with van der Waals surface area (Å²) in [6, 6.07) is 7.04. The molecule has 1 saturated heterocycles. The van der Waals surface area contributed by atoms with Crippen LogP contribution in [0.5, 0.6) is 0 Å². The van der Waals surface area contributed by atoms with Crippen LogP contribution in [0.1, 0.15) is 5.56 Å². The van der Waals surface area contributed by atoms with Gasteiger partial charge in [-0.3, -0.25) is 9.53 Å². The summed E-state index contributed by atoms with van der Waals surface area (Å²) in [5, 5.41) is 0. The molecule has 0 spiro atoms. The quantitative estimate of drug-likeness (QED) is 0.726. The summed E-state index contributed by atoms with van der Waals surface area (Å²) in [5.41, 5.74) is 0.196. The fourth-order valence-corrected chi connectivity index (χ4v) is 2.26. The number of hydrogen-bond acceptors (Lipinski definition) is 2. The van der Waals surface area contributed by atoms with Crippen LogP contribution in [0.4, 0.5) is 39.5 Å². The van der Waals surface area contributed by atoms with Gasteiger partial charge in [0.15, 0.2) is 0 Å². The summed E-state index contributed by atoms with van der Waals surface area (Å²) < 4.78 is 123. The SMILES string of the molecule is CN(Cc1ccccc1)C(=O)C(F)(F)C1(F)OC(F)(F)C(F)(F)C1(F)F. The number of carbonyl (C=O) groups excluding carboxylic acids is 1. The molecule has 1 aromatic carbocycles. The molecule has 12 heteroatoms. The van der Waals surface area contributed by atoms with Crippen LogP contribution < -0.4 is 0 Å². The average molecular weight is 395 g/mol. The Morgan fingerprint density at radius 3 is 1.92 bits per heavy atom. The van der Waals surface area contributed by atoms with E-state index in [1.807, 2.05) is 0 Å². The minimum atomic E-state index is -6.68. The van der Waals surface area contributed by atoms with Crippen molar-refractivity contribution in [2.75, 3.05) is 7.05 Å². The first-order valence-electron chi connectivity index (χ1n) is 6.81. The highest BCUT2D eigenvalue weighted by atomic mass is 19.4. The molecule has 1 fully saturated rings. The molecule has 2 rings (SSSR count). The van der Waals surface area contributed by atoms with Gasteiger partial charge >= 0.3 is 29.7 Å². The summed E-state index contributed by atoms with van der Waals surface area (Å²) in [6.45, 7) is -0.663. The van der Waals surface area contributed by atoms with Crippen LogP contribution in [0.15, 0.2) is 30.3 Å². The van der Waals surface area contributed by atoms with E-state index >= 15 is 0 Å². The van der Waals surface area contributed by atoms with Crippen molar-refractivity contribution in [1.29, 1.82) is 0 Å². The lowest BCUT2D eigenvalue weighted by molar-refractivity contribution is -0.368. The normalized spacial score (nSPS) is 26.5. The molecular formula is C14H10F9NO2. The predicted octanol–water partition coefficient (Wildman–Crippen LogP) is 3.84. The Morgan fingerprint density at radius 1 is 1.00 bits per heavy atom. The van der Waals surface area contributed by atoms with Crippen LogP contribution in [0.3, 0.4) is 0 Å². The van der Waals surface area contributed by atoms with Crippen LogP contribution in [-0.4, -0.2) is 47.6 Å². The number of ether oxygens (including phenoxy) is 1. The van der Waals surface area contributed by atoms with Gasteiger partial charge in [0.2, 0.25) is 0 Å². The Labute approximate surface area is 140 Å². The van der Waals surface area contributed by atoms with E-state index in [9.17, 15) is 44.3 Å². The summed E-state index contributed by atoms with van der Waals surface area (Å²) in [5.74, 6) is -28.3. The Bertz CT molecular complexity index is 695. The highest BCUT2D eigenvalue weighted by Gasteiger charge is 2.96. The number of benzene rings is 1. The third-order valence-electron chi connectivity index (χ3n) is 3.71. The summed E-state index contributed by atoms with van der Waals surface area (Å²) >= 11 is 0. The Hall–Kier alpha value is -1.98. The lowest BCUT2D eigenvalue weighted by Crippen LogP contribution is -2.64. The molecule has 3 nitrogen and oxygen atoms in total. The van der Waals surface area contributed by atoms with Crippen molar-refractivity contribution in [2.24, 2.45) is 0 Å². The highest BCUT2D eigenvalue weighted by Crippen LogP contribution is 2.64. The van der Waals surface area contributed by atoms with Gasteiger partial charge in [-0.2, -0.15) is 39.5 Å². The van der Waals surface area contributed by atoms with E-state index in [0.29, 0.717) is 7.05 Å². The zero-order chi connectivity index (χ0) is 20.2. The second kappa shape index (κ2) is 5.76. The second-order valence-electron chi connectivity index (χ2n) is 5.58. The number of alkyl halides is 9. The van der Waals surface area contributed by atoms with Gasteiger partial charge < -0.3 is 4.90 Å². The number of halogens is 9. The number of nitrogens with zero attached hydrogens (tertiary/aromatic N) is 1. The molecule has 146 valence electrons. The molecule has 0 radical (unpaired) electrons. The van der Waals surface area contributed by atoms with Gasteiger partial charge in [-0.15, -0.1) is 0 Å².